The number of carbonyl (C=O) groups excluding carboxylic acids is 1. The maximum Gasteiger partial charge on any atom is 0.176 e. The van der Waals surface area contributed by atoms with Crippen LogP contribution in [0.3, 0.4) is 0 Å². The molecule has 110 valence electrons. The molecule has 0 radical (unpaired) electrons. The average Bonchev–Trinajstić information content (AvgIpc) is 2.97. The molecule has 2 aliphatic heterocycles. The number of hydrogen-bond donors (Lipinski definition) is 0. The van der Waals surface area contributed by atoms with E-state index >= 15 is 0 Å². The minimum absolute atomic E-state index is 0.289. The molecule has 0 saturated carbocycles. The predicted molar refractivity (Wildman–Crippen MR) is 86.8 cm³/mol. The summed E-state index contributed by atoms with van der Waals surface area (Å²) in [6.07, 6.45) is 4.92. The van der Waals surface area contributed by atoms with Crippen molar-refractivity contribution in [1.82, 2.24) is 4.90 Å². The first-order valence-corrected chi connectivity index (χ1v) is 8.83. The van der Waals surface area contributed by atoms with Crippen LogP contribution in [0.25, 0.3) is 0 Å². The summed E-state index contributed by atoms with van der Waals surface area (Å²) >= 11 is 1.90. The minimum atomic E-state index is 0.289. The van der Waals surface area contributed by atoms with E-state index in [2.05, 4.69) is 17.0 Å². The molecule has 0 atom stereocenters. The average molecular weight is 291 g/mol. The maximum absolute atomic E-state index is 12.3. The summed E-state index contributed by atoms with van der Waals surface area (Å²) in [5.41, 5.74) is 2.27. The Labute approximate surface area is 126 Å². The lowest BCUT2D eigenvalue weighted by Crippen LogP contribution is -2.34. The van der Waals surface area contributed by atoms with Crippen LogP contribution >= 0.6 is 11.8 Å². The highest BCUT2D eigenvalue weighted by Gasteiger charge is 2.17. The van der Waals surface area contributed by atoms with Crippen LogP contribution < -0.4 is 0 Å². The van der Waals surface area contributed by atoms with E-state index in [9.17, 15) is 4.79 Å². The predicted octanol–water partition coefficient (Wildman–Crippen LogP) is 4.03. The van der Waals surface area contributed by atoms with E-state index in [-0.39, 0.29) is 5.78 Å². The molecule has 0 amide bonds. The molecule has 1 aromatic rings. The van der Waals surface area contributed by atoms with Crippen LogP contribution in [-0.4, -0.2) is 36.1 Å². The van der Waals surface area contributed by atoms with E-state index in [1.807, 2.05) is 31.7 Å². The molecule has 3 rings (SSSR count). The van der Waals surface area contributed by atoms with Crippen molar-refractivity contribution in [3.8, 4) is 0 Å². The highest BCUT2D eigenvalue weighted by Crippen LogP contribution is 2.31. The van der Waals surface area contributed by atoms with E-state index in [4.69, 9.17) is 0 Å². The molecule has 1 aromatic carbocycles. The minimum Gasteiger partial charge on any atom is -0.296 e. The molecule has 3 heteroatoms. The zero-order valence-corrected chi connectivity index (χ0v) is 13.5. The van der Waals surface area contributed by atoms with Crippen molar-refractivity contribution < 1.29 is 4.79 Å². The van der Waals surface area contributed by atoms with Crippen LogP contribution in [0.5, 0.6) is 0 Å². The number of benzene rings is 1. The molecule has 2 heterocycles. The molecule has 1 fully saturated rings. The number of ketones is 1. The second-order valence-corrected chi connectivity index (χ2v) is 6.32. The molecule has 2 aliphatic rings. The van der Waals surface area contributed by atoms with Gasteiger partial charge in [0.15, 0.2) is 5.78 Å². The third kappa shape index (κ3) is 3.86. The Balaban J connectivity index is 0.000000704. The first-order chi connectivity index (χ1) is 9.83. The number of piperidine rings is 1. The van der Waals surface area contributed by atoms with Gasteiger partial charge in [-0.3, -0.25) is 9.69 Å². The van der Waals surface area contributed by atoms with Crippen LogP contribution in [0.1, 0.15) is 49.0 Å². The topological polar surface area (TPSA) is 20.3 Å². The van der Waals surface area contributed by atoms with Crippen LogP contribution in [0.15, 0.2) is 23.1 Å². The van der Waals surface area contributed by atoms with Crippen molar-refractivity contribution in [2.45, 2.75) is 44.4 Å². The third-order valence-electron chi connectivity index (χ3n) is 3.83. The van der Waals surface area contributed by atoms with Crippen molar-refractivity contribution in [2.24, 2.45) is 0 Å². The number of likely N-dealkylation sites (tertiary alicyclic amines) is 1. The number of hydrogen-bond acceptors (Lipinski definition) is 3. The monoisotopic (exact) mass is 291 g/mol. The fourth-order valence-corrected chi connectivity index (χ4v) is 3.82. The van der Waals surface area contributed by atoms with Crippen LogP contribution in [0.2, 0.25) is 0 Å². The van der Waals surface area contributed by atoms with Crippen molar-refractivity contribution in [2.75, 3.05) is 25.4 Å². The van der Waals surface area contributed by atoms with Crippen LogP contribution in [0, 0.1) is 0 Å². The van der Waals surface area contributed by atoms with Gasteiger partial charge in [0.2, 0.25) is 0 Å². The van der Waals surface area contributed by atoms with Crippen LogP contribution in [-0.2, 0) is 6.42 Å². The van der Waals surface area contributed by atoms with E-state index in [0.29, 0.717) is 6.54 Å². The summed E-state index contributed by atoms with van der Waals surface area (Å²) in [4.78, 5) is 15.9. The fraction of sp³-hybridized carbons (Fsp3) is 0.588. The Hall–Kier alpha value is -0.800. The Morgan fingerprint density at radius 1 is 1.20 bits per heavy atom. The summed E-state index contributed by atoms with van der Waals surface area (Å²) in [5.74, 6) is 1.45. The van der Waals surface area contributed by atoms with Crippen molar-refractivity contribution in [3.05, 3.63) is 29.3 Å². The van der Waals surface area contributed by atoms with Gasteiger partial charge in [-0.2, -0.15) is 0 Å². The summed E-state index contributed by atoms with van der Waals surface area (Å²) in [7, 11) is 0. The fourth-order valence-electron chi connectivity index (χ4n) is 2.77. The molecule has 0 unspecified atom stereocenters. The van der Waals surface area contributed by atoms with Gasteiger partial charge in [-0.25, -0.2) is 0 Å². The number of nitrogens with zero attached hydrogens (tertiary/aromatic N) is 1. The van der Waals surface area contributed by atoms with Gasteiger partial charge in [-0.1, -0.05) is 26.3 Å². The van der Waals surface area contributed by atoms with E-state index in [1.54, 1.807) is 0 Å². The SMILES string of the molecule is CC.O=C(CN1CCCCC1)c1ccc2c(c1)CCS2. The Morgan fingerprint density at radius 3 is 2.70 bits per heavy atom. The van der Waals surface area contributed by atoms with Crippen molar-refractivity contribution in [3.63, 3.8) is 0 Å². The van der Waals surface area contributed by atoms with Gasteiger partial charge in [0.25, 0.3) is 0 Å². The van der Waals surface area contributed by atoms with E-state index < -0.39 is 0 Å². The Bertz CT molecular complexity index is 452. The number of Topliss-reactive ketones (excluding diaryl/α,β-unsaturated/α-hetero) is 1. The first-order valence-electron chi connectivity index (χ1n) is 7.84. The molecular weight excluding hydrogens is 266 g/mol. The second kappa shape index (κ2) is 7.84. The number of aryl methyl sites for hydroxylation is 1. The standard InChI is InChI=1S/C15H19NOS.C2H6/c17-14(11-16-7-2-1-3-8-16)12-4-5-15-13(10-12)6-9-18-15;1-2/h4-5,10H,1-3,6-9,11H2;1-2H3. The third-order valence-corrected chi connectivity index (χ3v) is 4.94. The molecule has 0 bridgehead atoms. The van der Waals surface area contributed by atoms with Gasteiger partial charge in [-0.05, 0) is 50.0 Å². The lowest BCUT2D eigenvalue weighted by atomic mass is 10.0. The normalized spacial score (nSPS) is 18.1. The highest BCUT2D eigenvalue weighted by molar-refractivity contribution is 7.99. The second-order valence-electron chi connectivity index (χ2n) is 5.18. The van der Waals surface area contributed by atoms with Gasteiger partial charge in [-0.15, -0.1) is 11.8 Å². The molecule has 20 heavy (non-hydrogen) atoms. The summed E-state index contributed by atoms with van der Waals surface area (Å²) in [6, 6.07) is 6.24. The molecule has 0 aromatic heterocycles. The molecule has 0 spiro atoms. The van der Waals surface area contributed by atoms with Gasteiger partial charge in [0, 0.05) is 16.2 Å². The lowest BCUT2D eigenvalue weighted by molar-refractivity contribution is 0.0915. The number of fused-ring (bicyclic) bond motifs is 1. The number of thioether (sulfide) groups is 1. The molecule has 0 aliphatic carbocycles. The smallest absolute Gasteiger partial charge is 0.176 e. The molecule has 0 N–H and O–H groups in total. The van der Waals surface area contributed by atoms with Gasteiger partial charge in [0.1, 0.15) is 0 Å². The van der Waals surface area contributed by atoms with Gasteiger partial charge < -0.3 is 0 Å². The van der Waals surface area contributed by atoms with Gasteiger partial charge >= 0.3 is 0 Å². The zero-order valence-electron chi connectivity index (χ0n) is 12.7. The van der Waals surface area contributed by atoms with E-state index in [1.165, 1.54) is 35.5 Å². The Kier molecular flexibility index (Phi) is 6.11. The summed E-state index contributed by atoms with van der Waals surface area (Å²) < 4.78 is 0. The highest BCUT2D eigenvalue weighted by atomic mass is 32.2. The van der Waals surface area contributed by atoms with E-state index in [0.717, 1.165) is 25.1 Å². The van der Waals surface area contributed by atoms with Crippen LogP contribution in [0.4, 0.5) is 0 Å². The number of rotatable bonds is 3. The molecule has 2 nitrogen and oxygen atoms in total. The van der Waals surface area contributed by atoms with Crippen molar-refractivity contribution >= 4 is 17.5 Å². The number of carbonyl (C=O) groups is 1. The molecular formula is C17H25NOS. The van der Waals surface area contributed by atoms with Gasteiger partial charge in [0.05, 0.1) is 6.54 Å². The first kappa shape index (κ1) is 15.6. The van der Waals surface area contributed by atoms with Crippen molar-refractivity contribution in [1.29, 1.82) is 0 Å². The summed E-state index contributed by atoms with van der Waals surface area (Å²) in [6.45, 7) is 6.78. The lowest BCUT2D eigenvalue weighted by Gasteiger charge is -2.25. The maximum atomic E-state index is 12.3. The quantitative estimate of drug-likeness (QED) is 0.784. The Morgan fingerprint density at radius 2 is 1.95 bits per heavy atom. The largest absolute Gasteiger partial charge is 0.296 e. The summed E-state index contributed by atoms with van der Waals surface area (Å²) in [5, 5.41) is 0. The molecule has 1 saturated heterocycles. The zero-order chi connectivity index (χ0) is 14.4.